The predicted octanol–water partition coefficient (Wildman–Crippen LogP) is 1.13. The van der Waals surface area contributed by atoms with E-state index in [4.69, 9.17) is 12.2 Å². The summed E-state index contributed by atoms with van der Waals surface area (Å²) in [6.45, 7) is 2.05. The fourth-order valence-corrected chi connectivity index (χ4v) is 3.88. The smallest absolute Gasteiger partial charge is 0.257 e. The Hall–Kier alpha value is -2.16. The first-order chi connectivity index (χ1) is 11.1. The highest BCUT2D eigenvalue weighted by Gasteiger charge is 2.46. The van der Waals surface area contributed by atoms with Crippen molar-refractivity contribution in [2.45, 2.75) is 25.0 Å². The van der Waals surface area contributed by atoms with E-state index in [-0.39, 0.29) is 40.1 Å². The van der Waals surface area contributed by atoms with Crippen molar-refractivity contribution in [3.05, 3.63) is 50.5 Å². The number of para-hydroxylation sites is 1. The molecule has 6 N–H and O–H groups in total. The number of hydrogen-bond acceptors (Lipinski definition) is 6. The number of fused-ring (bicyclic) bond motifs is 2. The first kappa shape index (κ1) is 14.4. The molecular formula is C15H17N5O2S. The Bertz CT molecular complexity index is 877. The maximum Gasteiger partial charge on any atom is 0.257 e. The number of aromatic nitrogens is 2. The molecule has 0 amide bonds. The third kappa shape index (κ3) is 2.18. The molecular weight excluding hydrogens is 314 g/mol. The van der Waals surface area contributed by atoms with Crippen LogP contribution in [0.3, 0.4) is 0 Å². The van der Waals surface area contributed by atoms with E-state index >= 15 is 0 Å². The second-order valence-electron chi connectivity index (χ2n) is 6.01. The van der Waals surface area contributed by atoms with Crippen molar-refractivity contribution in [1.29, 1.82) is 0 Å². The molecule has 2 aliphatic heterocycles. The lowest BCUT2D eigenvalue weighted by molar-refractivity contribution is 0.374. The monoisotopic (exact) mass is 331 g/mol. The molecule has 3 heterocycles. The first-order valence-corrected chi connectivity index (χ1v) is 7.89. The molecule has 4 unspecified atom stereocenters. The van der Waals surface area contributed by atoms with Crippen LogP contribution < -0.4 is 21.7 Å². The molecule has 1 fully saturated rings. The van der Waals surface area contributed by atoms with Crippen LogP contribution in [0.5, 0.6) is 5.75 Å². The van der Waals surface area contributed by atoms with Crippen LogP contribution in [-0.2, 0) is 0 Å². The van der Waals surface area contributed by atoms with Gasteiger partial charge in [0.2, 0.25) is 0 Å². The van der Waals surface area contributed by atoms with E-state index in [0.717, 1.165) is 5.56 Å². The molecule has 23 heavy (non-hydrogen) atoms. The van der Waals surface area contributed by atoms with Crippen LogP contribution in [0.15, 0.2) is 29.1 Å². The second kappa shape index (κ2) is 5.19. The Morgan fingerprint density at radius 3 is 2.74 bits per heavy atom. The number of aromatic amines is 2. The number of benzene rings is 1. The van der Waals surface area contributed by atoms with Gasteiger partial charge in [-0.15, -0.1) is 0 Å². The van der Waals surface area contributed by atoms with Crippen molar-refractivity contribution in [2.24, 2.45) is 5.92 Å². The molecule has 1 saturated heterocycles. The summed E-state index contributed by atoms with van der Waals surface area (Å²) in [5.41, 5.74) is 7.47. The Kier molecular flexibility index (Phi) is 3.26. The standard InChI is InChI=1S/C15H17N5O2S/c1-6-9-10(7-4-2-3-5-8(7)21)11-12(16-13(9)20-19-6)17-15(23)18-14(11)22/h2-6,9-10,13,19-21H,1H3,(H3,16,17,18,22,23). The number of phenols is 1. The highest BCUT2D eigenvalue weighted by atomic mass is 32.1. The number of aromatic hydroxyl groups is 1. The van der Waals surface area contributed by atoms with Crippen LogP contribution in [0.25, 0.3) is 0 Å². The van der Waals surface area contributed by atoms with Gasteiger partial charge in [-0.05, 0) is 25.2 Å². The summed E-state index contributed by atoms with van der Waals surface area (Å²) in [6, 6.07) is 7.26. The summed E-state index contributed by atoms with van der Waals surface area (Å²) in [6.07, 6.45) is -0.0745. The Morgan fingerprint density at radius 1 is 1.17 bits per heavy atom. The van der Waals surface area contributed by atoms with Crippen molar-refractivity contribution in [3.8, 4) is 5.75 Å². The van der Waals surface area contributed by atoms with Crippen LogP contribution in [0.2, 0.25) is 0 Å². The topological polar surface area (TPSA) is 105 Å². The zero-order valence-electron chi connectivity index (χ0n) is 12.4. The lowest BCUT2D eigenvalue weighted by atomic mass is 9.74. The fourth-order valence-electron chi connectivity index (χ4n) is 3.68. The lowest BCUT2D eigenvalue weighted by Gasteiger charge is -2.36. The number of hydrogen-bond donors (Lipinski definition) is 6. The maximum atomic E-state index is 12.6. The van der Waals surface area contributed by atoms with Crippen molar-refractivity contribution < 1.29 is 5.11 Å². The third-order valence-electron chi connectivity index (χ3n) is 4.68. The number of hydrazine groups is 1. The van der Waals surface area contributed by atoms with E-state index in [9.17, 15) is 9.90 Å². The van der Waals surface area contributed by atoms with Crippen LogP contribution in [0.1, 0.15) is 24.0 Å². The zero-order chi connectivity index (χ0) is 16.1. The van der Waals surface area contributed by atoms with E-state index in [1.807, 2.05) is 12.1 Å². The van der Waals surface area contributed by atoms with Gasteiger partial charge >= 0.3 is 0 Å². The van der Waals surface area contributed by atoms with E-state index in [2.05, 4.69) is 33.1 Å². The van der Waals surface area contributed by atoms with Crippen molar-refractivity contribution in [1.82, 2.24) is 20.8 Å². The molecule has 4 rings (SSSR count). The van der Waals surface area contributed by atoms with Crippen molar-refractivity contribution >= 4 is 18.0 Å². The summed E-state index contributed by atoms with van der Waals surface area (Å²) in [5, 5.41) is 13.6. The molecule has 1 aromatic heterocycles. The number of anilines is 1. The van der Waals surface area contributed by atoms with Crippen LogP contribution in [-0.4, -0.2) is 27.3 Å². The predicted molar refractivity (Wildman–Crippen MR) is 88.8 cm³/mol. The van der Waals surface area contributed by atoms with Crippen molar-refractivity contribution in [2.75, 3.05) is 5.32 Å². The molecule has 120 valence electrons. The van der Waals surface area contributed by atoms with E-state index in [1.54, 1.807) is 12.1 Å². The average molecular weight is 331 g/mol. The largest absolute Gasteiger partial charge is 0.508 e. The Morgan fingerprint density at radius 2 is 1.96 bits per heavy atom. The Labute approximate surface area is 137 Å². The average Bonchev–Trinajstić information content (AvgIpc) is 2.87. The molecule has 0 saturated carbocycles. The summed E-state index contributed by atoms with van der Waals surface area (Å²) in [7, 11) is 0. The number of H-pyrrole nitrogens is 2. The SMILES string of the molecule is CC1NNC2Nc3[nH]c(=S)[nH]c(=O)c3C(c3ccccc3O)C12. The normalized spacial score (nSPS) is 28.7. The molecule has 2 aliphatic rings. The molecule has 0 spiro atoms. The van der Waals surface area contributed by atoms with Gasteiger partial charge in [0.05, 0.1) is 11.7 Å². The van der Waals surface area contributed by atoms with Gasteiger partial charge in [0.1, 0.15) is 11.6 Å². The molecule has 8 heteroatoms. The molecule has 0 bridgehead atoms. The molecule has 0 radical (unpaired) electrons. The molecule has 0 aliphatic carbocycles. The minimum absolute atomic E-state index is 0.0567. The van der Waals surface area contributed by atoms with Crippen LogP contribution in [0, 0.1) is 10.7 Å². The quantitative estimate of drug-likeness (QED) is 0.438. The lowest BCUT2D eigenvalue weighted by Crippen LogP contribution is -2.46. The number of rotatable bonds is 1. The third-order valence-corrected chi connectivity index (χ3v) is 4.88. The van der Waals surface area contributed by atoms with Gasteiger partial charge in [-0.1, -0.05) is 18.2 Å². The minimum atomic E-state index is -0.259. The summed E-state index contributed by atoms with van der Waals surface area (Å²) in [5.74, 6) is 0.577. The zero-order valence-corrected chi connectivity index (χ0v) is 13.2. The molecule has 2 aromatic rings. The molecule has 4 atom stereocenters. The summed E-state index contributed by atoms with van der Waals surface area (Å²) < 4.78 is 0.273. The fraction of sp³-hybridized carbons (Fsp3) is 0.333. The maximum absolute atomic E-state index is 12.6. The minimum Gasteiger partial charge on any atom is -0.508 e. The van der Waals surface area contributed by atoms with Crippen LogP contribution in [0.4, 0.5) is 5.82 Å². The van der Waals surface area contributed by atoms with Gasteiger partial charge in [-0.2, -0.15) is 0 Å². The first-order valence-electron chi connectivity index (χ1n) is 7.48. The van der Waals surface area contributed by atoms with E-state index in [0.29, 0.717) is 11.4 Å². The molecule has 7 nitrogen and oxygen atoms in total. The second-order valence-corrected chi connectivity index (χ2v) is 6.42. The van der Waals surface area contributed by atoms with E-state index in [1.165, 1.54) is 0 Å². The van der Waals surface area contributed by atoms with Gasteiger partial charge in [0, 0.05) is 23.4 Å². The van der Waals surface area contributed by atoms with Gasteiger partial charge < -0.3 is 15.4 Å². The Balaban J connectivity index is 1.99. The van der Waals surface area contributed by atoms with Crippen molar-refractivity contribution in [3.63, 3.8) is 0 Å². The van der Waals surface area contributed by atoms with Gasteiger partial charge in [0.15, 0.2) is 4.77 Å². The summed E-state index contributed by atoms with van der Waals surface area (Å²) >= 11 is 5.07. The highest BCUT2D eigenvalue weighted by molar-refractivity contribution is 7.71. The molecule has 1 aromatic carbocycles. The summed E-state index contributed by atoms with van der Waals surface area (Å²) in [4.78, 5) is 18.2. The van der Waals surface area contributed by atoms with Gasteiger partial charge in [0.25, 0.3) is 5.56 Å². The highest BCUT2D eigenvalue weighted by Crippen LogP contribution is 2.44. The van der Waals surface area contributed by atoms with E-state index < -0.39 is 0 Å². The van der Waals surface area contributed by atoms with Gasteiger partial charge in [-0.25, -0.2) is 5.43 Å². The number of phenolic OH excluding ortho intramolecular Hbond substituents is 1. The van der Waals surface area contributed by atoms with Gasteiger partial charge in [-0.3, -0.25) is 15.2 Å². The van der Waals surface area contributed by atoms with Crippen LogP contribution >= 0.6 is 12.2 Å². The number of nitrogens with one attached hydrogen (secondary N) is 5.